The molecule has 0 bridgehead atoms. The summed E-state index contributed by atoms with van der Waals surface area (Å²) < 4.78 is 6.22. The van der Waals surface area contributed by atoms with Gasteiger partial charge in [-0.25, -0.2) is 0 Å². The van der Waals surface area contributed by atoms with E-state index in [1.165, 1.54) is 11.3 Å². The molecule has 20 heavy (non-hydrogen) atoms. The van der Waals surface area contributed by atoms with E-state index in [0.717, 1.165) is 30.9 Å². The molecule has 1 aromatic heterocycles. The molecule has 112 valence electrons. The van der Waals surface area contributed by atoms with Crippen LogP contribution in [0.5, 0.6) is 0 Å². The van der Waals surface area contributed by atoms with Gasteiger partial charge in [-0.3, -0.25) is 4.99 Å². The molecule has 1 aromatic rings. The fourth-order valence-corrected chi connectivity index (χ4v) is 3.08. The number of hydrogen-bond acceptors (Lipinski definition) is 4. The van der Waals surface area contributed by atoms with E-state index in [0.29, 0.717) is 16.8 Å². The van der Waals surface area contributed by atoms with Crippen molar-refractivity contribution in [2.75, 3.05) is 26.7 Å². The van der Waals surface area contributed by atoms with Gasteiger partial charge in [0.2, 0.25) is 0 Å². The van der Waals surface area contributed by atoms with Crippen LogP contribution in [0.3, 0.4) is 0 Å². The summed E-state index contributed by atoms with van der Waals surface area (Å²) >= 11 is 7.24. The monoisotopic (exact) mass is 317 g/mol. The highest BCUT2D eigenvalue weighted by Crippen LogP contribution is 2.26. The number of thiophene rings is 1. The third-order valence-electron chi connectivity index (χ3n) is 3.13. The molecule has 1 aliphatic rings. The highest BCUT2D eigenvalue weighted by Gasteiger charge is 2.16. The number of ether oxygens (including phenoxy) is 1. The standard InChI is InChI=1S/C13H20ClN3O2S/c1-15-13(16-7-9-3-2-6-19-9)17-8-10(18)11-4-5-12(14)20-11/h4-5,9-10,18H,2-3,6-8H2,1H3,(H2,15,16,17). The van der Waals surface area contributed by atoms with Crippen LogP contribution in [0, 0.1) is 0 Å². The van der Waals surface area contributed by atoms with E-state index in [2.05, 4.69) is 15.6 Å². The number of guanidine groups is 1. The highest BCUT2D eigenvalue weighted by atomic mass is 35.5. The topological polar surface area (TPSA) is 65.9 Å². The summed E-state index contributed by atoms with van der Waals surface area (Å²) in [5.41, 5.74) is 0. The second kappa shape index (κ2) is 7.83. The van der Waals surface area contributed by atoms with E-state index in [-0.39, 0.29) is 6.10 Å². The number of aliphatic imine (C=N–C) groups is 1. The van der Waals surface area contributed by atoms with Gasteiger partial charge in [0, 0.05) is 31.6 Å². The summed E-state index contributed by atoms with van der Waals surface area (Å²) in [5.74, 6) is 0.669. The molecule has 2 heterocycles. The minimum absolute atomic E-state index is 0.259. The molecule has 1 fully saturated rings. The van der Waals surface area contributed by atoms with Gasteiger partial charge < -0.3 is 20.5 Å². The predicted molar refractivity (Wildman–Crippen MR) is 82.6 cm³/mol. The smallest absolute Gasteiger partial charge is 0.191 e. The van der Waals surface area contributed by atoms with Crippen LogP contribution in [-0.4, -0.2) is 43.9 Å². The molecule has 0 saturated carbocycles. The Morgan fingerprint density at radius 1 is 1.60 bits per heavy atom. The zero-order valence-electron chi connectivity index (χ0n) is 11.4. The predicted octanol–water partition coefficient (Wildman–Crippen LogP) is 1.78. The van der Waals surface area contributed by atoms with Gasteiger partial charge in [-0.05, 0) is 25.0 Å². The SMILES string of the molecule is CN=C(NCC1CCCO1)NCC(O)c1ccc(Cl)s1. The molecule has 1 saturated heterocycles. The van der Waals surface area contributed by atoms with Gasteiger partial charge in [0.1, 0.15) is 6.10 Å². The summed E-state index contributed by atoms with van der Waals surface area (Å²) in [4.78, 5) is 4.97. The second-order valence-electron chi connectivity index (χ2n) is 4.63. The zero-order chi connectivity index (χ0) is 14.4. The maximum absolute atomic E-state index is 10.0. The lowest BCUT2D eigenvalue weighted by Gasteiger charge is -2.16. The molecule has 3 N–H and O–H groups in total. The van der Waals surface area contributed by atoms with E-state index in [9.17, 15) is 5.11 Å². The second-order valence-corrected chi connectivity index (χ2v) is 6.37. The van der Waals surface area contributed by atoms with Crippen molar-refractivity contribution in [1.29, 1.82) is 0 Å². The Hall–Kier alpha value is -0.820. The third kappa shape index (κ3) is 4.63. The van der Waals surface area contributed by atoms with Crippen LogP contribution in [0.4, 0.5) is 0 Å². The van der Waals surface area contributed by atoms with Gasteiger partial charge in [0.25, 0.3) is 0 Å². The average Bonchev–Trinajstić information content (AvgIpc) is 3.10. The fraction of sp³-hybridized carbons (Fsp3) is 0.615. The van der Waals surface area contributed by atoms with E-state index >= 15 is 0 Å². The van der Waals surface area contributed by atoms with E-state index < -0.39 is 6.10 Å². The average molecular weight is 318 g/mol. The van der Waals surface area contributed by atoms with Crippen LogP contribution in [0.2, 0.25) is 4.34 Å². The van der Waals surface area contributed by atoms with E-state index in [1.807, 2.05) is 6.07 Å². The van der Waals surface area contributed by atoms with Crippen molar-refractivity contribution < 1.29 is 9.84 Å². The molecule has 1 aliphatic heterocycles. The van der Waals surface area contributed by atoms with Crippen molar-refractivity contribution >= 4 is 28.9 Å². The Morgan fingerprint density at radius 2 is 2.45 bits per heavy atom. The molecule has 2 atom stereocenters. The molecule has 0 aliphatic carbocycles. The first-order chi connectivity index (χ1) is 9.69. The van der Waals surface area contributed by atoms with Crippen molar-refractivity contribution in [1.82, 2.24) is 10.6 Å². The molecule has 2 rings (SSSR count). The lowest BCUT2D eigenvalue weighted by molar-refractivity contribution is 0.113. The molecule has 2 unspecified atom stereocenters. The van der Waals surface area contributed by atoms with Crippen LogP contribution in [0.25, 0.3) is 0 Å². The Morgan fingerprint density at radius 3 is 3.05 bits per heavy atom. The molecular weight excluding hydrogens is 298 g/mol. The summed E-state index contributed by atoms with van der Waals surface area (Å²) in [6.07, 6.45) is 1.87. The van der Waals surface area contributed by atoms with Gasteiger partial charge in [0.05, 0.1) is 10.4 Å². The molecule has 7 heteroatoms. The minimum atomic E-state index is -0.589. The van der Waals surface area contributed by atoms with Gasteiger partial charge in [-0.15, -0.1) is 11.3 Å². The molecule has 0 aromatic carbocycles. The van der Waals surface area contributed by atoms with Crippen molar-refractivity contribution in [3.63, 3.8) is 0 Å². The third-order valence-corrected chi connectivity index (χ3v) is 4.46. The van der Waals surface area contributed by atoms with Gasteiger partial charge in [-0.2, -0.15) is 0 Å². The molecule has 5 nitrogen and oxygen atoms in total. The van der Waals surface area contributed by atoms with Gasteiger partial charge in [0.15, 0.2) is 5.96 Å². The number of nitrogens with one attached hydrogen (secondary N) is 2. The summed E-state index contributed by atoms with van der Waals surface area (Å²) in [6.45, 7) is 1.97. The number of aliphatic hydroxyl groups is 1. The van der Waals surface area contributed by atoms with Crippen LogP contribution >= 0.6 is 22.9 Å². The van der Waals surface area contributed by atoms with Crippen LogP contribution < -0.4 is 10.6 Å². The first-order valence-electron chi connectivity index (χ1n) is 6.68. The maximum atomic E-state index is 10.0. The van der Waals surface area contributed by atoms with Crippen LogP contribution in [-0.2, 0) is 4.74 Å². The number of aliphatic hydroxyl groups excluding tert-OH is 1. The van der Waals surface area contributed by atoms with E-state index in [1.54, 1.807) is 13.1 Å². The van der Waals surface area contributed by atoms with Crippen molar-refractivity contribution in [3.8, 4) is 0 Å². The van der Waals surface area contributed by atoms with Crippen LogP contribution in [0.1, 0.15) is 23.8 Å². The highest BCUT2D eigenvalue weighted by molar-refractivity contribution is 7.16. The number of nitrogens with zero attached hydrogens (tertiary/aromatic N) is 1. The van der Waals surface area contributed by atoms with Crippen molar-refractivity contribution in [3.05, 3.63) is 21.3 Å². The first kappa shape index (κ1) is 15.6. The van der Waals surface area contributed by atoms with Crippen LogP contribution in [0.15, 0.2) is 17.1 Å². The lowest BCUT2D eigenvalue weighted by Crippen LogP contribution is -2.42. The molecular formula is C13H20ClN3O2S. The van der Waals surface area contributed by atoms with Crippen molar-refractivity contribution in [2.24, 2.45) is 4.99 Å². The van der Waals surface area contributed by atoms with Gasteiger partial charge >= 0.3 is 0 Å². The Bertz CT molecular complexity index is 447. The zero-order valence-corrected chi connectivity index (χ0v) is 13.0. The molecule has 0 spiro atoms. The number of halogens is 1. The summed E-state index contributed by atoms with van der Waals surface area (Å²) in [7, 11) is 1.71. The van der Waals surface area contributed by atoms with Gasteiger partial charge in [-0.1, -0.05) is 11.6 Å². The molecule has 0 radical (unpaired) electrons. The fourth-order valence-electron chi connectivity index (χ4n) is 2.04. The molecule has 0 amide bonds. The summed E-state index contributed by atoms with van der Waals surface area (Å²) in [5, 5.41) is 16.3. The Kier molecular flexibility index (Phi) is 6.09. The number of rotatable bonds is 5. The lowest BCUT2D eigenvalue weighted by atomic mass is 10.2. The number of hydrogen-bond donors (Lipinski definition) is 3. The first-order valence-corrected chi connectivity index (χ1v) is 7.88. The maximum Gasteiger partial charge on any atom is 0.191 e. The van der Waals surface area contributed by atoms with E-state index in [4.69, 9.17) is 16.3 Å². The van der Waals surface area contributed by atoms with Crippen molar-refractivity contribution in [2.45, 2.75) is 25.0 Å². The quantitative estimate of drug-likeness (QED) is 0.572. The summed E-state index contributed by atoms with van der Waals surface area (Å²) in [6, 6.07) is 3.62. The Labute approximate surface area is 128 Å². The minimum Gasteiger partial charge on any atom is -0.386 e. The Balaban J connectivity index is 1.72. The largest absolute Gasteiger partial charge is 0.386 e. The normalized spacial score (nSPS) is 20.9.